The summed E-state index contributed by atoms with van der Waals surface area (Å²) < 4.78 is 21.2. The van der Waals surface area contributed by atoms with Gasteiger partial charge in [-0.2, -0.15) is 0 Å². The number of hydrogen-bond acceptors (Lipinski definition) is 8. The molecule has 0 saturated carbocycles. The molecule has 8 nitrogen and oxygen atoms in total. The molecular weight excluding hydrogens is 452 g/mol. The molecule has 8 heteroatoms. The lowest BCUT2D eigenvalue weighted by atomic mass is 10.0. The maximum Gasteiger partial charge on any atom is 0.308 e. The largest absolute Gasteiger partial charge is 0.423 e. The van der Waals surface area contributed by atoms with E-state index in [1.54, 1.807) is 0 Å². The van der Waals surface area contributed by atoms with Crippen LogP contribution >= 0.6 is 0 Å². The Morgan fingerprint density at radius 2 is 0.886 bits per heavy atom. The predicted molar refractivity (Wildman–Crippen MR) is 132 cm³/mol. The van der Waals surface area contributed by atoms with E-state index in [1.165, 1.54) is 78.7 Å². The summed E-state index contributed by atoms with van der Waals surface area (Å²) in [6.07, 6.45) is 13.1. The van der Waals surface area contributed by atoms with Crippen LogP contribution in [-0.4, -0.2) is 23.9 Å². The molecule has 0 heterocycles. The van der Waals surface area contributed by atoms with E-state index in [0.717, 1.165) is 19.3 Å². The van der Waals surface area contributed by atoms with Gasteiger partial charge in [-0.1, -0.05) is 71.1 Å². The molecule has 35 heavy (non-hydrogen) atoms. The average Bonchev–Trinajstić information content (AvgIpc) is 2.75. The standard InChI is InChI=1S/C27H40O8/c1-6-7-8-9-10-11-12-13-14-15-16-17-23-26(34-21(4)30)24(32-19(2)28)18-25(33-20(3)29)27(23)35-22(5)31/h18H,6-17H2,1-5H3. The molecule has 0 N–H and O–H groups in total. The highest BCUT2D eigenvalue weighted by Crippen LogP contribution is 2.46. The first-order valence-electron chi connectivity index (χ1n) is 12.6. The summed E-state index contributed by atoms with van der Waals surface area (Å²) in [6, 6.07) is 1.21. The van der Waals surface area contributed by atoms with Crippen LogP contribution in [0.15, 0.2) is 6.07 Å². The minimum absolute atomic E-state index is 0.0214. The van der Waals surface area contributed by atoms with Crippen molar-refractivity contribution >= 4 is 23.9 Å². The summed E-state index contributed by atoms with van der Waals surface area (Å²) in [7, 11) is 0. The first-order chi connectivity index (χ1) is 16.6. The van der Waals surface area contributed by atoms with Crippen molar-refractivity contribution in [2.75, 3.05) is 0 Å². The molecule has 0 radical (unpaired) electrons. The number of rotatable bonds is 16. The monoisotopic (exact) mass is 492 g/mol. The predicted octanol–water partition coefficient (Wildman–Crippen LogP) is 6.24. The van der Waals surface area contributed by atoms with Crippen LogP contribution in [0.2, 0.25) is 0 Å². The molecule has 0 bridgehead atoms. The third-order valence-electron chi connectivity index (χ3n) is 5.29. The number of carbonyl (C=O) groups excluding carboxylic acids is 4. The molecule has 1 rings (SSSR count). The summed E-state index contributed by atoms with van der Waals surface area (Å²) in [5.41, 5.74) is 0.335. The van der Waals surface area contributed by atoms with E-state index in [0.29, 0.717) is 18.4 Å². The fraction of sp³-hybridized carbons (Fsp3) is 0.630. The highest BCUT2D eigenvalue weighted by Gasteiger charge is 2.26. The van der Waals surface area contributed by atoms with E-state index in [2.05, 4.69) is 6.92 Å². The molecule has 0 aliphatic heterocycles. The Morgan fingerprint density at radius 3 is 1.23 bits per heavy atom. The minimum atomic E-state index is -0.645. The fourth-order valence-corrected chi connectivity index (χ4v) is 3.82. The van der Waals surface area contributed by atoms with Crippen molar-refractivity contribution in [3.8, 4) is 23.0 Å². The van der Waals surface area contributed by atoms with Gasteiger partial charge in [0.1, 0.15) is 0 Å². The third kappa shape index (κ3) is 12.4. The second kappa shape index (κ2) is 16.7. The molecule has 1 aromatic rings. The Hall–Kier alpha value is -2.90. The molecule has 0 fully saturated rings. The van der Waals surface area contributed by atoms with Gasteiger partial charge < -0.3 is 18.9 Å². The van der Waals surface area contributed by atoms with Crippen molar-refractivity contribution < 1.29 is 38.1 Å². The minimum Gasteiger partial charge on any atom is -0.423 e. The smallest absolute Gasteiger partial charge is 0.308 e. The Kier molecular flexibility index (Phi) is 14.4. The summed E-state index contributed by atoms with van der Waals surface area (Å²) >= 11 is 0. The van der Waals surface area contributed by atoms with Crippen molar-refractivity contribution in [1.29, 1.82) is 0 Å². The van der Waals surface area contributed by atoms with Gasteiger partial charge in [0.25, 0.3) is 0 Å². The van der Waals surface area contributed by atoms with Crippen LogP contribution in [0.5, 0.6) is 23.0 Å². The van der Waals surface area contributed by atoms with Crippen LogP contribution in [0.25, 0.3) is 0 Å². The summed E-state index contributed by atoms with van der Waals surface area (Å²) in [5, 5.41) is 0. The summed E-state index contributed by atoms with van der Waals surface area (Å²) in [4.78, 5) is 46.9. The average molecular weight is 493 g/mol. The number of hydrogen-bond donors (Lipinski definition) is 0. The molecule has 0 amide bonds. The highest BCUT2D eigenvalue weighted by atomic mass is 16.6. The molecule has 0 aliphatic carbocycles. The van der Waals surface area contributed by atoms with Crippen LogP contribution in [-0.2, 0) is 25.6 Å². The third-order valence-corrected chi connectivity index (χ3v) is 5.29. The van der Waals surface area contributed by atoms with Gasteiger partial charge in [-0.15, -0.1) is 0 Å². The van der Waals surface area contributed by atoms with Crippen molar-refractivity contribution in [2.24, 2.45) is 0 Å². The van der Waals surface area contributed by atoms with Crippen LogP contribution in [0.3, 0.4) is 0 Å². The van der Waals surface area contributed by atoms with E-state index in [-0.39, 0.29) is 23.0 Å². The number of unbranched alkanes of at least 4 members (excludes halogenated alkanes) is 10. The Bertz CT molecular complexity index is 805. The molecule has 196 valence electrons. The molecule has 0 atom stereocenters. The lowest BCUT2D eigenvalue weighted by molar-refractivity contribution is -0.135. The number of carbonyl (C=O) groups is 4. The van der Waals surface area contributed by atoms with Crippen LogP contribution in [0.4, 0.5) is 0 Å². The van der Waals surface area contributed by atoms with Crippen molar-refractivity contribution in [1.82, 2.24) is 0 Å². The van der Waals surface area contributed by atoms with Crippen molar-refractivity contribution in [2.45, 2.75) is 112 Å². The molecular formula is C27H40O8. The lowest BCUT2D eigenvalue weighted by Gasteiger charge is -2.19. The van der Waals surface area contributed by atoms with Gasteiger partial charge >= 0.3 is 23.9 Å². The van der Waals surface area contributed by atoms with Gasteiger partial charge in [0.05, 0.1) is 0 Å². The van der Waals surface area contributed by atoms with Gasteiger partial charge in [-0.3, -0.25) is 19.2 Å². The van der Waals surface area contributed by atoms with E-state index in [4.69, 9.17) is 18.9 Å². The number of ether oxygens (including phenoxy) is 4. The maximum atomic E-state index is 11.8. The zero-order chi connectivity index (χ0) is 26.2. The Balaban J connectivity index is 3.01. The second-order valence-corrected chi connectivity index (χ2v) is 8.67. The molecule has 1 aromatic carbocycles. The quantitative estimate of drug-likeness (QED) is 0.152. The maximum absolute atomic E-state index is 11.8. The summed E-state index contributed by atoms with van der Waals surface area (Å²) in [6.45, 7) is 7.05. The van der Waals surface area contributed by atoms with Gasteiger partial charge in [0, 0.05) is 39.3 Å². The molecule has 0 aliphatic rings. The van der Waals surface area contributed by atoms with E-state index in [1.807, 2.05) is 0 Å². The van der Waals surface area contributed by atoms with Gasteiger partial charge in [-0.25, -0.2) is 0 Å². The SMILES string of the molecule is CCCCCCCCCCCCCc1c(OC(C)=O)c(OC(C)=O)cc(OC(C)=O)c1OC(C)=O. The van der Waals surface area contributed by atoms with Crippen LogP contribution in [0, 0.1) is 0 Å². The number of benzene rings is 1. The molecule has 0 saturated heterocycles. The number of esters is 4. The fourth-order valence-electron chi connectivity index (χ4n) is 3.82. The summed E-state index contributed by atoms with van der Waals surface area (Å²) in [5.74, 6) is -2.77. The van der Waals surface area contributed by atoms with Crippen LogP contribution < -0.4 is 18.9 Å². The first kappa shape index (κ1) is 30.1. The zero-order valence-electron chi connectivity index (χ0n) is 21.8. The Morgan fingerprint density at radius 1 is 0.543 bits per heavy atom. The first-order valence-corrected chi connectivity index (χ1v) is 12.6. The second-order valence-electron chi connectivity index (χ2n) is 8.67. The molecule has 0 unspecified atom stereocenters. The van der Waals surface area contributed by atoms with Gasteiger partial charge in [0.15, 0.2) is 23.0 Å². The topological polar surface area (TPSA) is 105 Å². The van der Waals surface area contributed by atoms with Crippen LogP contribution in [0.1, 0.15) is 111 Å². The van der Waals surface area contributed by atoms with E-state index >= 15 is 0 Å². The Labute approximate surface area is 208 Å². The molecule has 0 aromatic heterocycles. The zero-order valence-corrected chi connectivity index (χ0v) is 21.8. The lowest BCUT2D eigenvalue weighted by Crippen LogP contribution is -2.14. The van der Waals surface area contributed by atoms with Crippen molar-refractivity contribution in [3.05, 3.63) is 11.6 Å². The molecule has 0 spiro atoms. The van der Waals surface area contributed by atoms with Gasteiger partial charge in [0.2, 0.25) is 0 Å². The van der Waals surface area contributed by atoms with E-state index in [9.17, 15) is 19.2 Å². The normalized spacial score (nSPS) is 10.5. The van der Waals surface area contributed by atoms with E-state index < -0.39 is 23.9 Å². The van der Waals surface area contributed by atoms with Gasteiger partial charge in [-0.05, 0) is 12.8 Å². The highest BCUT2D eigenvalue weighted by molar-refractivity contribution is 5.80. The van der Waals surface area contributed by atoms with Crippen molar-refractivity contribution in [3.63, 3.8) is 0 Å².